The summed E-state index contributed by atoms with van der Waals surface area (Å²) < 4.78 is 26.5. The highest BCUT2D eigenvalue weighted by Crippen LogP contribution is 2.22. The van der Waals surface area contributed by atoms with Gasteiger partial charge in [0.2, 0.25) is 21.8 Å². The summed E-state index contributed by atoms with van der Waals surface area (Å²) in [5.74, 6) is -0.661. The van der Waals surface area contributed by atoms with Crippen molar-refractivity contribution in [2.24, 2.45) is 0 Å². The van der Waals surface area contributed by atoms with Gasteiger partial charge in [0, 0.05) is 13.1 Å². The van der Waals surface area contributed by atoms with Crippen LogP contribution >= 0.6 is 0 Å². The number of anilines is 1. The molecule has 0 saturated carbocycles. The third-order valence-electron chi connectivity index (χ3n) is 5.58. The molecule has 2 rings (SSSR count). The van der Waals surface area contributed by atoms with Crippen LogP contribution in [0.1, 0.15) is 48.9 Å². The van der Waals surface area contributed by atoms with Gasteiger partial charge in [-0.05, 0) is 62.4 Å². The Morgan fingerprint density at radius 2 is 1.53 bits per heavy atom. The molecule has 34 heavy (non-hydrogen) atoms. The van der Waals surface area contributed by atoms with Crippen LogP contribution in [0.2, 0.25) is 0 Å². The van der Waals surface area contributed by atoms with E-state index in [9.17, 15) is 18.0 Å². The summed E-state index contributed by atoms with van der Waals surface area (Å²) in [6.07, 6.45) is 2.28. The van der Waals surface area contributed by atoms with Gasteiger partial charge >= 0.3 is 0 Å². The summed E-state index contributed by atoms with van der Waals surface area (Å²) in [4.78, 5) is 28.1. The zero-order valence-corrected chi connectivity index (χ0v) is 21.9. The number of sulfonamides is 1. The van der Waals surface area contributed by atoms with E-state index in [1.54, 1.807) is 12.1 Å². The number of hydrogen-bond donors (Lipinski definition) is 1. The molecule has 0 radical (unpaired) electrons. The molecule has 0 saturated heterocycles. The Labute approximate surface area is 204 Å². The van der Waals surface area contributed by atoms with Crippen LogP contribution in [0.15, 0.2) is 42.5 Å². The minimum atomic E-state index is -3.74. The summed E-state index contributed by atoms with van der Waals surface area (Å²) in [7, 11) is -3.74. The van der Waals surface area contributed by atoms with Crippen molar-refractivity contribution in [3.8, 4) is 0 Å². The first-order valence-corrected chi connectivity index (χ1v) is 13.5. The lowest BCUT2D eigenvalue weighted by molar-refractivity contribution is -0.140. The number of aryl methyl sites for hydroxylation is 3. The van der Waals surface area contributed by atoms with E-state index in [-0.39, 0.29) is 19.0 Å². The fourth-order valence-electron chi connectivity index (χ4n) is 3.88. The van der Waals surface area contributed by atoms with Crippen LogP contribution in [0.4, 0.5) is 5.69 Å². The van der Waals surface area contributed by atoms with E-state index in [4.69, 9.17) is 0 Å². The van der Waals surface area contributed by atoms with Gasteiger partial charge in [-0.1, -0.05) is 49.7 Å². The van der Waals surface area contributed by atoms with Gasteiger partial charge in [-0.15, -0.1) is 0 Å². The van der Waals surface area contributed by atoms with Gasteiger partial charge < -0.3 is 10.2 Å². The number of nitrogens with zero attached hydrogens (tertiary/aromatic N) is 2. The fourth-order valence-corrected chi connectivity index (χ4v) is 4.72. The summed E-state index contributed by atoms with van der Waals surface area (Å²) in [6.45, 7) is 9.90. The number of rotatable bonds is 11. The van der Waals surface area contributed by atoms with Gasteiger partial charge in [-0.25, -0.2) is 8.42 Å². The first-order valence-electron chi connectivity index (χ1n) is 11.6. The minimum absolute atomic E-state index is 0.210. The van der Waals surface area contributed by atoms with Gasteiger partial charge in [-0.3, -0.25) is 13.9 Å². The third kappa shape index (κ3) is 7.58. The van der Waals surface area contributed by atoms with Crippen LogP contribution in [0.25, 0.3) is 0 Å². The maximum Gasteiger partial charge on any atom is 0.244 e. The smallest absolute Gasteiger partial charge is 0.244 e. The Kier molecular flexibility index (Phi) is 9.67. The maximum absolute atomic E-state index is 13.6. The quantitative estimate of drug-likeness (QED) is 0.523. The predicted molar refractivity (Wildman–Crippen MR) is 137 cm³/mol. The first kappa shape index (κ1) is 27.4. The highest BCUT2D eigenvalue weighted by atomic mass is 32.2. The van der Waals surface area contributed by atoms with Crippen molar-refractivity contribution in [1.29, 1.82) is 0 Å². The second-order valence-corrected chi connectivity index (χ2v) is 10.7. The van der Waals surface area contributed by atoms with Crippen molar-refractivity contribution < 1.29 is 18.0 Å². The number of amides is 2. The van der Waals surface area contributed by atoms with E-state index in [1.165, 1.54) is 4.90 Å². The molecule has 7 nitrogen and oxygen atoms in total. The zero-order chi connectivity index (χ0) is 25.5. The molecule has 0 bridgehead atoms. The van der Waals surface area contributed by atoms with Crippen molar-refractivity contribution in [2.75, 3.05) is 23.7 Å². The van der Waals surface area contributed by atoms with Crippen LogP contribution in [0, 0.1) is 20.8 Å². The lowest BCUT2D eigenvalue weighted by Gasteiger charge is -2.33. The molecular weight excluding hydrogens is 450 g/mol. The topological polar surface area (TPSA) is 86.8 Å². The molecule has 1 atom stereocenters. The largest absolute Gasteiger partial charge is 0.354 e. The molecule has 0 spiro atoms. The predicted octanol–water partition coefficient (Wildman–Crippen LogP) is 3.71. The summed E-state index contributed by atoms with van der Waals surface area (Å²) in [5, 5.41) is 2.88. The summed E-state index contributed by atoms with van der Waals surface area (Å²) in [6, 6.07) is 12.5. The molecule has 0 aliphatic rings. The number of hydrogen-bond acceptors (Lipinski definition) is 4. The Bertz CT molecular complexity index is 1080. The van der Waals surface area contributed by atoms with Crippen LogP contribution < -0.4 is 9.62 Å². The fraction of sp³-hybridized carbons (Fsp3) is 0.462. The number of carbonyl (C=O) groups excluding carboxylic acids is 2. The van der Waals surface area contributed by atoms with Crippen molar-refractivity contribution in [3.05, 3.63) is 64.7 Å². The normalized spacial score (nSPS) is 12.2. The van der Waals surface area contributed by atoms with Gasteiger partial charge in [0.15, 0.2) is 0 Å². The van der Waals surface area contributed by atoms with Crippen LogP contribution in [0.3, 0.4) is 0 Å². The van der Waals surface area contributed by atoms with E-state index in [0.717, 1.165) is 39.2 Å². The van der Waals surface area contributed by atoms with E-state index in [0.29, 0.717) is 18.7 Å². The molecule has 2 aromatic carbocycles. The molecule has 0 aliphatic heterocycles. The SMILES string of the molecule is CCCNC(=O)[C@@H](CC)N(Cc1ccc(C)cc1)C(=O)CN(c1cc(C)cc(C)c1)S(C)(=O)=O. The van der Waals surface area contributed by atoms with E-state index in [1.807, 2.05) is 65.0 Å². The molecule has 186 valence electrons. The second kappa shape index (κ2) is 12.0. The molecular formula is C26H37N3O4S. The highest BCUT2D eigenvalue weighted by molar-refractivity contribution is 7.92. The van der Waals surface area contributed by atoms with Crippen molar-refractivity contribution in [1.82, 2.24) is 10.2 Å². The van der Waals surface area contributed by atoms with E-state index < -0.39 is 22.0 Å². The monoisotopic (exact) mass is 487 g/mol. The van der Waals surface area contributed by atoms with Gasteiger partial charge in [-0.2, -0.15) is 0 Å². The average Bonchev–Trinajstić information content (AvgIpc) is 2.75. The molecule has 2 aromatic rings. The Balaban J connectivity index is 2.44. The van der Waals surface area contributed by atoms with Crippen molar-refractivity contribution >= 4 is 27.5 Å². The highest BCUT2D eigenvalue weighted by Gasteiger charge is 2.31. The van der Waals surface area contributed by atoms with Gasteiger partial charge in [0.05, 0.1) is 11.9 Å². The molecule has 2 amide bonds. The standard InChI is InChI=1S/C26H37N3O4S/c1-7-13-27-26(31)24(8-2)28(17-22-11-9-19(3)10-12-22)25(30)18-29(34(6,32)33)23-15-20(4)14-21(5)16-23/h9-12,14-16,24H,7-8,13,17-18H2,1-6H3,(H,27,31)/t24-/m1/s1. The Morgan fingerprint density at radius 1 is 0.941 bits per heavy atom. The Morgan fingerprint density at radius 3 is 2.03 bits per heavy atom. The third-order valence-corrected chi connectivity index (χ3v) is 6.72. The molecule has 0 fully saturated rings. The van der Waals surface area contributed by atoms with E-state index >= 15 is 0 Å². The minimum Gasteiger partial charge on any atom is -0.354 e. The van der Waals surface area contributed by atoms with Crippen molar-refractivity contribution in [2.45, 2.75) is 60.0 Å². The molecule has 1 N–H and O–H groups in total. The summed E-state index contributed by atoms with van der Waals surface area (Å²) >= 11 is 0. The molecule has 0 heterocycles. The maximum atomic E-state index is 13.6. The lowest BCUT2D eigenvalue weighted by atomic mass is 10.1. The second-order valence-electron chi connectivity index (χ2n) is 8.84. The van der Waals surface area contributed by atoms with Crippen LogP contribution in [-0.2, 0) is 26.2 Å². The van der Waals surface area contributed by atoms with Crippen LogP contribution in [-0.4, -0.2) is 50.5 Å². The van der Waals surface area contributed by atoms with Crippen LogP contribution in [0.5, 0.6) is 0 Å². The number of carbonyl (C=O) groups is 2. The lowest BCUT2D eigenvalue weighted by Crippen LogP contribution is -2.52. The molecule has 0 aliphatic carbocycles. The average molecular weight is 488 g/mol. The van der Waals surface area contributed by atoms with E-state index in [2.05, 4.69) is 5.32 Å². The van der Waals surface area contributed by atoms with Crippen molar-refractivity contribution in [3.63, 3.8) is 0 Å². The summed E-state index contributed by atoms with van der Waals surface area (Å²) in [5.41, 5.74) is 4.20. The number of nitrogens with one attached hydrogen (secondary N) is 1. The first-order chi connectivity index (χ1) is 16.0. The molecule has 8 heteroatoms. The molecule has 0 aromatic heterocycles. The zero-order valence-electron chi connectivity index (χ0n) is 21.1. The Hall–Kier alpha value is -2.87. The van der Waals surface area contributed by atoms with Gasteiger partial charge in [0.25, 0.3) is 0 Å². The number of benzene rings is 2. The van der Waals surface area contributed by atoms with Gasteiger partial charge in [0.1, 0.15) is 12.6 Å². The molecule has 0 unspecified atom stereocenters.